The van der Waals surface area contributed by atoms with E-state index in [2.05, 4.69) is 15.6 Å². The first kappa shape index (κ1) is 22.1. The molecule has 0 aliphatic rings. The van der Waals surface area contributed by atoms with Crippen LogP contribution in [0.15, 0.2) is 58.8 Å². The highest BCUT2D eigenvalue weighted by molar-refractivity contribution is 5.98. The van der Waals surface area contributed by atoms with Gasteiger partial charge < -0.3 is 20.7 Å². The second kappa shape index (κ2) is 10.4. The van der Waals surface area contributed by atoms with E-state index >= 15 is 0 Å². The van der Waals surface area contributed by atoms with Crippen LogP contribution < -0.4 is 15.9 Å². The summed E-state index contributed by atoms with van der Waals surface area (Å²) in [7, 11) is 0. The molecule has 6 nitrogen and oxygen atoms in total. The second-order valence-corrected chi connectivity index (χ2v) is 6.06. The number of benzene rings is 2. The quantitative estimate of drug-likeness (QED) is 0.300. The Hall–Kier alpha value is -3.23. The fourth-order valence-corrected chi connectivity index (χ4v) is 2.33. The average Bonchev–Trinajstić information content (AvgIpc) is 2.71. The fourth-order valence-electron chi connectivity index (χ4n) is 2.33. The predicted octanol–water partition coefficient (Wildman–Crippen LogP) is 3.91. The first-order chi connectivity index (χ1) is 13.8. The Kier molecular flexibility index (Phi) is 7.88. The van der Waals surface area contributed by atoms with Gasteiger partial charge in [0.2, 0.25) is 0 Å². The summed E-state index contributed by atoms with van der Waals surface area (Å²) in [6.07, 6.45) is -4.35. The number of ether oxygens (including phenoxy) is 1. The van der Waals surface area contributed by atoms with Crippen LogP contribution in [-0.4, -0.2) is 24.7 Å². The maximum atomic E-state index is 12.6. The van der Waals surface area contributed by atoms with Crippen LogP contribution in [0.4, 0.5) is 13.2 Å². The van der Waals surface area contributed by atoms with E-state index in [0.717, 1.165) is 17.7 Å². The van der Waals surface area contributed by atoms with E-state index in [1.165, 1.54) is 12.1 Å². The summed E-state index contributed by atoms with van der Waals surface area (Å²) in [6.45, 7) is 4.70. The van der Waals surface area contributed by atoms with Crippen molar-refractivity contribution >= 4 is 11.5 Å². The molecule has 2 rings (SSSR count). The zero-order chi connectivity index (χ0) is 21.3. The molecule has 0 atom stereocenters. The van der Waals surface area contributed by atoms with Crippen LogP contribution in [0.2, 0.25) is 0 Å². The lowest BCUT2D eigenvalue weighted by Gasteiger charge is -2.10. The zero-order valence-electron chi connectivity index (χ0n) is 16.2. The number of nitrogens with one attached hydrogen (secondary N) is 1. The van der Waals surface area contributed by atoms with Gasteiger partial charge in [0, 0.05) is 6.54 Å². The van der Waals surface area contributed by atoms with E-state index in [0.29, 0.717) is 29.4 Å². The number of halogens is 3. The van der Waals surface area contributed by atoms with Crippen molar-refractivity contribution in [3.05, 3.63) is 65.2 Å². The van der Waals surface area contributed by atoms with Gasteiger partial charge in [-0.25, -0.2) is 0 Å². The SMILES string of the molecule is CCN/C(COc1ccc(/C(C)=N/OCc2ccc(C(F)(F)F)cc2)cc1)=N\N. The van der Waals surface area contributed by atoms with E-state index in [-0.39, 0.29) is 13.2 Å². The molecular formula is C20H23F3N4O2. The minimum atomic E-state index is -4.35. The summed E-state index contributed by atoms with van der Waals surface area (Å²) in [4.78, 5) is 5.25. The Bertz CT molecular complexity index is 832. The van der Waals surface area contributed by atoms with Gasteiger partial charge in [-0.15, -0.1) is 0 Å². The lowest BCUT2D eigenvalue weighted by Crippen LogP contribution is -2.30. The third kappa shape index (κ3) is 7.02. The van der Waals surface area contributed by atoms with Gasteiger partial charge in [-0.1, -0.05) is 17.3 Å². The van der Waals surface area contributed by atoms with Crippen molar-refractivity contribution in [2.75, 3.05) is 13.2 Å². The molecule has 0 bridgehead atoms. The van der Waals surface area contributed by atoms with Gasteiger partial charge in [0.05, 0.1) is 11.3 Å². The van der Waals surface area contributed by atoms with Gasteiger partial charge >= 0.3 is 6.18 Å². The molecule has 0 heterocycles. The molecule has 0 amide bonds. The summed E-state index contributed by atoms with van der Waals surface area (Å²) < 4.78 is 43.3. The minimum absolute atomic E-state index is 0.0717. The van der Waals surface area contributed by atoms with Gasteiger partial charge in [-0.3, -0.25) is 0 Å². The largest absolute Gasteiger partial charge is 0.486 e. The van der Waals surface area contributed by atoms with Crippen molar-refractivity contribution in [3.63, 3.8) is 0 Å². The Labute approximate surface area is 167 Å². The highest BCUT2D eigenvalue weighted by Crippen LogP contribution is 2.29. The average molecular weight is 408 g/mol. The van der Waals surface area contributed by atoms with E-state index in [4.69, 9.17) is 15.4 Å². The maximum absolute atomic E-state index is 12.6. The molecule has 0 spiro atoms. The van der Waals surface area contributed by atoms with Crippen molar-refractivity contribution in [2.45, 2.75) is 26.6 Å². The number of rotatable bonds is 8. The molecule has 156 valence electrons. The summed E-state index contributed by atoms with van der Waals surface area (Å²) in [5, 5.41) is 10.6. The van der Waals surface area contributed by atoms with Gasteiger partial charge in [0.1, 0.15) is 19.0 Å². The van der Waals surface area contributed by atoms with E-state index in [1.807, 2.05) is 19.1 Å². The Morgan fingerprint density at radius 3 is 2.28 bits per heavy atom. The van der Waals surface area contributed by atoms with Crippen LogP contribution in [0.25, 0.3) is 0 Å². The number of nitrogens with zero attached hydrogens (tertiary/aromatic N) is 2. The van der Waals surface area contributed by atoms with Crippen molar-refractivity contribution in [1.29, 1.82) is 0 Å². The number of nitrogens with two attached hydrogens (primary N) is 1. The van der Waals surface area contributed by atoms with Crippen LogP contribution in [0.5, 0.6) is 5.75 Å². The van der Waals surface area contributed by atoms with Crippen LogP contribution in [0, 0.1) is 0 Å². The van der Waals surface area contributed by atoms with Gasteiger partial charge in [-0.2, -0.15) is 18.3 Å². The molecular weight excluding hydrogens is 385 g/mol. The molecule has 0 aliphatic heterocycles. The van der Waals surface area contributed by atoms with Crippen LogP contribution >= 0.6 is 0 Å². The van der Waals surface area contributed by atoms with Crippen LogP contribution in [0.1, 0.15) is 30.5 Å². The molecule has 0 unspecified atom stereocenters. The number of oxime groups is 1. The molecule has 0 saturated carbocycles. The molecule has 29 heavy (non-hydrogen) atoms. The molecule has 2 aromatic rings. The van der Waals surface area contributed by atoms with Crippen LogP contribution in [-0.2, 0) is 17.6 Å². The van der Waals surface area contributed by atoms with Gasteiger partial charge in [-0.05, 0) is 61.4 Å². The molecule has 3 N–H and O–H groups in total. The molecule has 0 fully saturated rings. The number of amidine groups is 1. The van der Waals surface area contributed by atoms with Crippen LogP contribution in [0.3, 0.4) is 0 Å². The number of hydrogen-bond acceptors (Lipinski definition) is 5. The summed E-state index contributed by atoms with van der Waals surface area (Å²) in [5.41, 5.74) is 1.35. The van der Waals surface area contributed by atoms with Gasteiger partial charge in [0.25, 0.3) is 0 Å². The minimum Gasteiger partial charge on any atom is -0.486 e. The zero-order valence-corrected chi connectivity index (χ0v) is 16.2. The molecule has 0 saturated heterocycles. The summed E-state index contributed by atoms with van der Waals surface area (Å²) in [6, 6.07) is 12.0. The third-order valence-corrected chi connectivity index (χ3v) is 3.90. The normalized spacial score (nSPS) is 12.6. The monoisotopic (exact) mass is 408 g/mol. The molecule has 9 heteroatoms. The smallest absolute Gasteiger partial charge is 0.416 e. The lowest BCUT2D eigenvalue weighted by atomic mass is 10.1. The molecule has 0 aliphatic carbocycles. The summed E-state index contributed by atoms with van der Waals surface area (Å²) in [5.74, 6) is 6.46. The maximum Gasteiger partial charge on any atom is 0.416 e. The first-order valence-electron chi connectivity index (χ1n) is 8.90. The van der Waals surface area contributed by atoms with Crippen molar-refractivity contribution in [3.8, 4) is 5.75 Å². The predicted molar refractivity (Wildman–Crippen MR) is 106 cm³/mol. The first-order valence-corrected chi connectivity index (χ1v) is 8.90. The lowest BCUT2D eigenvalue weighted by molar-refractivity contribution is -0.137. The molecule has 2 aromatic carbocycles. The number of hydrazone groups is 1. The number of hydrogen-bond donors (Lipinski definition) is 2. The van der Waals surface area contributed by atoms with Crippen molar-refractivity contribution in [2.24, 2.45) is 16.1 Å². The highest BCUT2D eigenvalue weighted by Gasteiger charge is 2.29. The van der Waals surface area contributed by atoms with Crippen molar-refractivity contribution < 1.29 is 22.7 Å². The number of alkyl halides is 3. The molecule has 0 radical (unpaired) electrons. The van der Waals surface area contributed by atoms with E-state index in [1.54, 1.807) is 19.1 Å². The number of likely N-dealkylation sites (N-methyl/N-ethyl adjacent to an activating group) is 1. The second-order valence-electron chi connectivity index (χ2n) is 6.06. The molecule has 0 aromatic heterocycles. The standard InChI is InChI=1S/C20H23F3N4O2/c1-3-25-19(26-24)13-28-18-10-6-16(7-11-18)14(2)27-29-12-15-4-8-17(9-5-15)20(21,22)23/h4-11H,3,12-13,24H2,1-2H3,(H,25,26)/b27-14+. The third-order valence-electron chi connectivity index (χ3n) is 3.90. The van der Waals surface area contributed by atoms with E-state index in [9.17, 15) is 13.2 Å². The fraction of sp³-hybridized carbons (Fsp3) is 0.300. The van der Waals surface area contributed by atoms with E-state index < -0.39 is 11.7 Å². The Balaban J connectivity index is 1.88. The summed E-state index contributed by atoms with van der Waals surface area (Å²) >= 11 is 0. The van der Waals surface area contributed by atoms with Gasteiger partial charge in [0.15, 0.2) is 5.84 Å². The Morgan fingerprint density at radius 2 is 1.72 bits per heavy atom. The Morgan fingerprint density at radius 1 is 1.07 bits per heavy atom. The highest BCUT2D eigenvalue weighted by atomic mass is 19.4. The van der Waals surface area contributed by atoms with Crippen molar-refractivity contribution in [1.82, 2.24) is 5.32 Å². The topological polar surface area (TPSA) is 81.2 Å².